The number of hydrogen-bond acceptors (Lipinski definition) is 2. The SMILES string of the molecule is O=C(O)c1ccc(C(=O)N2CCC(C(F)(F)F)(C(F)(F)F)C2)cc1. The first-order valence-corrected chi connectivity index (χ1v) is 6.65. The first-order chi connectivity index (χ1) is 10.9. The summed E-state index contributed by atoms with van der Waals surface area (Å²) >= 11 is 0. The van der Waals surface area contributed by atoms with Crippen LogP contribution in [0.4, 0.5) is 26.3 Å². The third kappa shape index (κ3) is 2.92. The minimum Gasteiger partial charge on any atom is -0.478 e. The monoisotopic (exact) mass is 355 g/mol. The molecule has 1 aromatic rings. The van der Waals surface area contributed by atoms with Crippen molar-refractivity contribution in [3.05, 3.63) is 35.4 Å². The van der Waals surface area contributed by atoms with Gasteiger partial charge in [0.1, 0.15) is 0 Å². The van der Waals surface area contributed by atoms with Crippen LogP contribution in [-0.4, -0.2) is 47.3 Å². The summed E-state index contributed by atoms with van der Waals surface area (Å²) in [5, 5.41) is 8.73. The van der Waals surface area contributed by atoms with Crippen LogP contribution in [0.5, 0.6) is 0 Å². The van der Waals surface area contributed by atoms with E-state index in [2.05, 4.69) is 0 Å². The molecule has 1 aromatic carbocycles. The molecule has 1 N–H and O–H groups in total. The number of carbonyl (C=O) groups excluding carboxylic acids is 1. The molecule has 0 aliphatic carbocycles. The van der Waals surface area contributed by atoms with E-state index in [0.717, 1.165) is 24.3 Å². The van der Waals surface area contributed by atoms with E-state index in [9.17, 15) is 35.9 Å². The van der Waals surface area contributed by atoms with Crippen LogP contribution in [0, 0.1) is 5.41 Å². The molecule has 0 spiro atoms. The molecule has 0 saturated carbocycles. The summed E-state index contributed by atoms with van der Waals surface area (Å²) in [6.45, 7) is -2.21. The van der Waals surface area contributed by atoms with Crippen LogP contribution in [0.3, 0.4) is 0 Å². The maximum atomic E-state index is 13.0. The summed E-state index contributed by atoms with van der Waals surface area (Å²) in [5.74, 6) is -2.29. The second-order valence-electron chi connectivity index (χ2n) is 5.44. The van der Waals surface area contributed by atoms with Gasteiger partial charge in [0.15, 0.2) is 5.41 Å². The Bertz CT molecular complexity index is 636. The molecule has 132 valence electrons. The lowest BCUT2D eigenvalue weighted by Gasteiger charge is -2.33. The van der Waals surface area contributed by atoms with Crippen molar-refractivity contribution in [3.63, 3.8) is 0 Å². The predicted molar refractivity (Wildman–Crippen MR) is 68.5 cm³/mol. The molecule has 0 unspecified atom stereocenters. The zero-order valence-electron chi connectivity index (χ0n) is 11.9. The second-order valence-corrected chi connectivity index (χ2v) is 5.44. The number of nitrogens with zero attached hydrogens (tertiary/aromatic N) is 1. The molecule has 0 aromatic heterocycles. The van der Waals surface area contributed by atoms with E-state index < -0.39 is 49.2 Å². The number of carboxylic acids is 1. The zero-order valence-corrected chi connectivity index (χ0v) is 11.9. The lowest BCUT2D eigenvalue weighted by Crippen LogP contribution is -2.52. The Morgan fingerprint density at radius 3 is 1.79 bits per heavy atom. The molecule has 2 rings (SSSR count). The molecule has 0 atom stereocenters. The maximum Gasteiger partial charge on any atom is 0.404 e. The van der Waals surface area contributed by atoms with Gasteiger partial charge >= 0.3 is 18.3 Å². The Labute approximate surface area is 131 Å². The van der Waals surface area contributed by atoms with Gasteiger partial charge in [-0.3, -0.25) is 4.79 Å². The number of hydrogen-bond donors (Lipinski definition) is 1. The zero-order chi connectivity index (χ0) is 18.3. The third-order valence-corrected chi connectivity index (χ3v) is 4.02. The molecule has 1 aliphatic heterocycles. The van der Waals surface area contributed by atoms with Gasteiger partial charge in [0.25, 0.3) is 5.91 Å². The molecule has 4 nitrogen and oxygen atoms in total. The summed E-state index contributed by atoms with van der Waals surface area (Å²) in [6.07, 6.45) is -12.3. The van der Waals surface area contributed by atoms with Gasteiger partial charge in [-0.1, -0.05) is 0 Å². The van der Waals surface area contributed by atoms with Gasteiger partial charge in [0.05, 0.1) is 5.56 Å². The number of rotatable bonds is 2. The topological polar surface area (TPSA) is 57.6 Å². The van der Waals surface area contributed by atoms with Crippen molar-refractivity contribution in [3.8, 4) is 0 Å². The summed E-state index contributed by atoms with van der Waals surface area (Å²) in [4.78, 5) is 23.3. The van der Waals surface area contributed by atoms with Crippen LogP contribution < -0.4 is 0 Å². The van der Waals surface area contributed by atoms with Crippen LogP contribution in [0.15, 0.2) is 24.3 Å². The summed E-state index contributed by atoms with van der Waals surface area (Å²) < 4.78 is 77.8. The van der Waals surface area contributed by atoms with Crippen molar-refractivity contribution in [2.75, 3.05) is 13.1 Å². The molecule has 1 heterocycles. The number of halogens is 6. The first kappa shape index (κ1) is 18.1. The van der Waals surface area contributed by atoms with Crippen molar-refractivity contribution < 1.29 is 41.0 Å². The minimum atomic E-state index is -5.53. The van der Waals surface area contributed by atoms with Crippen LogP contribution in [0.2, 0.25) is 0 Å². The van der Waals surface area contributed by atoms with E-state index >= 15 is 0 Å². The highest BCUT2D eigenvalue weighted by molar-refractivity contribution is 5.96. The maximum absolute atomic E-state index is 13.0. The van der Waals surface area contributed by atoms with Crippen LogP contribution in [0.25, 0.3) is 0 Å². The van der Waals surface area contributed by atoms with Crippen LogP contribution in [0.1, 0.15) is 27.1 Å². The van der Waals surface area contributed by atoms with Crippen molar-refractivity contribution >= 4 is 11.9 Å². The van der Waals surface area contributed by atoms with Gasteiger partial charge < -0.3 is 10.0 Å². The molecule has 1 fully saturated rings. The average molecular weight is 355 g/mol. The summed E-state index contributed by atoms with van der Waals surface area (Å²) in [6, 6.07) is 4.19. The van der Waals surface area contributed by atoms with Gasteiger partial charge in [-0.05, 0) is 30.7 Å². The first-order valence-electron chi connectivity index (χ1n) is 6.65. The number of likely N-dealkylation sites (tertiary alicyclic amines) is 1. The van der Waals surface area contributed by atoms with Crippen LogP contribution >= 0.6 is 0 Å². The summed E-state index contributed by atoms with van der Waals surface area (Å²) in [7, 11) is 0. The smallest absolute Gasteiger partial charge is 0.404 e. The standard InChI is InChI=1S/C14H11F6NO3/c15-13(16,17)12(14(18,19)20)5-6-21(7-12)10(22)8-1-3-9(4-2-8)11(23)24/h1-4H,5-7H2,(H,23,24). The largest absolute Gasteiger partial charge is 0.478 e. The fraction of sp³-hybridized carbons (Fsp3) is 0.429. The van der Waals surface area contributed by atoms with Gasteiger partial charge in [-0.2, -0.15) is 26.3 Å². The molecular formula is C14H11F6NO3. The highest BCUT2D eigenvalue weighted by atomic mass is 19.4. The van der Waals surface area contributed by atoms with E-state index in [1.165, 1.54) is 0 Å². The van der Waals surface area contributed by atoms with Crippen LogP contribution in [-0.2, 0) is 0 Å². The normalized spacial score (nSPS) is 17.8. The molecule has 1 amide bonds. The Morgan fingerprint density at radius 2 is 1.42 bits per heavy atom. The number of benzene rings is 1. The highest BCUT2D eigenvalue weighted by Crippen LogP contribution is 2.55. The predicted octanol–water partition coefficient (Wildman–Crippen LogP) is 3.34. The Balaban J connectivity index is 2.26. The number of alkyl halides is 6. The number of amides is 1. The molecule has 0 radical (unpaired) electrons. The quantitative estimate of drug-likeness (QED) is 0.828. The number of carbonyl (C=O) groups is 2. The second kappa shape index (κ2) is 5.67. The van der Waals surface area contributed by atoms with Gasteiger partial charge in [0, 0.05) is 18.7 Å². The van der Waals surface area contributed by atoms with E-state index in [0.29, 0.717) is 4.90 Å². The van der Waals surface area contributed by atoms with Crippen molar-refractivity contribution in [2.24, 2.45) is 5.41 Å². The van der Waals surface area contributed by atoms with Gasteiger partial charge in [0.2, 0.25) is 0 Å². The molecule has 0 bridgehead atoms. The molecule has 1 aliphatic rings. The molecule has 10 heteroatoms. The molecular weight excluding hydrogens is 344 g/mol. The highest BCUT2D eigenvalue weighted by Gasteiger charge is 2.72. The molecule has 24 heavy (non-hydrogen) atoms. The van der Waals surface area contributed by atoms with E-state index in [-0.39, 0.29) is 11.1 Å². The Kier molecular flexibility index (Phi) is 4.28. The number of carboxylic acid groups (broad SMARTS) is 1. The lowest BCUT2D eigenvalue weighted by molar-refractivity contribution is -0.334. The Morgan fingerprint density at radius 1 is 0.958 bits per heavy atom. The van der Waals surface area contributed by atoms with Gasteiger partial charge in [-0.25, -0.2) is 4.79 Å². The van der Waals surface area contributed by atoms with E-state index in [1.54, 1.807) is 0 Å². The number of aromatic carboxylic acids is 1. The lowest BCUT2D eigenvalue weighted by atomic mass is 9.85. The van der Waals surface area contributed by atoms with Gasteiger partial charge in [-0.15, -0.1) is 0 Å². The third-order valence-electron chi connectivity index (χ3n) is 4.02. The van der Waals surface area contributed by atoms with E-state index in [4.69, 9.17) is 5.11 Å². The van der Waals surface area contributed by atoms with Crippen molar-refractivity contribution in [1.29, 1.82) is 0 Å². The Hall–Kier alpha value is -2.26. The minimum absolute atomic E-state index is 0.159. The van der Waals surface area contributed by atoms with Crippen molar-refractivity contribution in [2.45, 2.75) is 18.8 Å². The van der Waals surface area contributed by atoms with E-state index in [1.807, 2.05) is 0 Å². The molecule has 1 saturated heterocycles. The van der Waals surface area contributed by atoms with Crippen molar-refractivity contribution in [1.82, 2.24) is 4.90 Å². The fourth-order valence-corrected chi connectivity index (χ4v) is 2.54. The average Bonchev–Trinajstić information content (AvgIpc) is 2.92. The summed E-state index contributed by atoms with van der Waals surface area (Å²) in [5.41, 5.74) is -4.29. The fourth-order valence-electron chi connectivity index (χ4n) is 2.54.